The molecular weight excluding hydrogens is 335 g/mol. The highest BCUT2D eigenvalue weighted by atomic mass is 19.1. The number of carbonyl (C=O) groups excluding carboxylic acids is 1. The molecule has 0 bridgehead atoms. The summed E-state index contributed by atoms with van der Waals surface area (Å²) in [6.45, 7) is 0.160. The average Bonchev–Trinajstić information content (AvgIpc) is 2.91. The number of benzene rings is 2. The summed E-state index contributed by atoms with van der Waals surface area (Å²) in [5.41, 5.74) is 7.12. The number of amides is 1. The summed E-state index contributed by atoms with van der Waals surface area (Å²) in [7, 11) is 0. The summed E-state index contributed by atoms with van der Waals surface area (Å²) in [5.74, 6) is -1.03. The Labute approximate surface area is 147 Å². The fraction of sp³-hybridized carbons (Fsp3) is 0.105. The van der Waals surface area contributed by atoms with Crippen molar-refractivity contribution < 1.29 is 9.18 Å². The van der Waals surface area contributed by atoms with E-state index in [0.29, 0.717) is 23.0 Å². The van der Waals surface area contributed by atoms with Crippen LogP contribution in [0.5, 0.6) is 0 Å². The highest BCUT2D eigenvalue weighted by molar-refractivity contribution is 6.06. The number of primary amides is 1. The summed E-state index contributed by atoms with van der Waals surface area (Å²) in [4.78, 5) is 28.9. The van der Waals surface area contributed by atoms with E-state index in [4.69, 9.17) is 5.73 Å². The second-order valence-electron chi connectivity index (χ2n) is 6.07. The van der Waals surface area contributed by atoms with Crippen LogP contribution in [0.2, 0.25) is 0 Å². The van der Waals surface area contributed by atoms with Gasteiger partial charge in [-0.3, -0.25) is 14.2 Å². The molecule has 0 aliphatic carbocycles. The van der Waals surface area contributed by atoms with Gasteiger partial charge in [-0.05, 0) is 23.8 Å². The lowest BCUT2D eigenvalue weighted by Gasteiger charge is -2.07. The minimum absolute atomic E-state index is 0.183. The van der Waals surface area contributed by atoms with Crippen LogP contribution in [0.15, 0.2) is 59.7 Å². The van der Waals surface area contributed by atoms with E-state index in [-0.39, 0.29) is 17.6 Å². The van der Waals surface area contributed by atoms with Crippen molar-refractivity contribution in [3.8, 4) is 0 Å². The third-order valence-electron chi connectivity index (χ3n) is 4.30. The van der Waals surface area contributed by atoms with Gasteiger partial charge in [0, 0.05) is 5.39 Å². The van der Waals surface area contributed by atoms with Crippen molar-refractivity contribution in [2.45, 2.75) is 13.1 Å². The van der Waals surface area contributed by atoms with E-state index in [0.717, 1.165) is 5.56 Å². The van der Waals surface area contributed by atoms with E-state index in [1.165, 1.54) is 33.7 Å². The van der Waals surface area contributed by atoms with Gasteiger partial charge in [-0.2, -0.15) is 0 Å². The maximum Gasteiger partial charge on any atom is 0.278 e. The van der Waals surface area contributed by atoms with E-state index < -0.39 is 11.7 Å². The molecule has 0 atom stereocenters. The first kappa shape index (κ1) is 16.0. The third kappa shape index (κ3) is 2.63. The van der Waals surface area contributed by atoms with Crippen molar-refractivity contribution in [1.82, 2.24) is 14.1 Å². The Kier molecular flexibility index (Phi) is 3.76. The van der Waals surface area contributed by atoms with Crippen LogP contribution >= 0.6 is 0 Å². The Balaban J connectivity index is 1.99. The maximum atomic E-state index is 13.7. The maximum absolute atomic E-state index is 13.7. The van der Waals surface area contributed by atoms with Crippen molar-refractivity contribution in [3.63, 3.8) is 0 Å². The number of aromatic nitrogens is 3. The SMILES string of the molecule is NC(=O)Cn1c2ccc(F)cc2c2ncn(Cc3ccccc3)c(=O)c21. The van der Waals surface area contributed by atoms with Crippen LogP contribution in [0.1, 0.15) is 5.56 Å². The summed E-state index contributed by atoms with van der Waals surface area (Å²) < 4.78 is 16.7. The van der Waals surface area contributed by atoms with Gasteiger partial charge in [-0.1, -0.05) is 30.3 Å². The number of nitrogens with two attached hydrogens (primary N) is 1. The van der Waals surface area contributed by atoms with Gasteiger partial charge in [0.05, 0.1) is 18.4 Å². The summed E-state index contributed by atoms with van der Waals surface area (Å²) >= 11 is 0. The standard InChI is InChI=1S/C19H15FN4O2/c20-13-6-7-15-14(8-13)17-18(24(15)10-16(21)25)19(26)23(11-22-17)9-12-4-2-1-3-5-12/h1-8,11H,9-10H2,(H2,21,25). The number of hydrogen-bond acceptors (Lipinski definition) is 3. The quantitative estimate of drug-likeness (QED) is 0.611. The Morgan fingerprint density at radius 3 is 2.65 bits per heavy atom. The van der Waals surface area contributed by atoms with Gasteiger partial charge in [0.25, 0.3) is 5.56 Å². The van der Waals surface area contributed by atoms with E-state index >= 15 is 0 Å². The molecular formula is C19H15FN4O2. The lowest BCUT2D eigenvalue weighted by Crippen LogP contribution is -2.25. The summed E-state index contributed by atoms with van der Waals surface area (Å²) in [5, 5.41) is 0.477. The zero-order chi connectivity index (χ0) is 18.3. The van der Waals surface area contributed by atoms with Gasteiger partial charge in [0.1, 0.15) is 23.4 Å². The predicted octanol–water partition coefficient (Wildman–Crippen LogP) is 2.02. The molecule has 0 saturated carbocycles. The monoisotopic (exact) mass is 350 g/mol. The summed E-state index contributed by atoms with van der Waals surface area (Å²) in [6.07, 6.45) is 1.44. The van der Waals surface area contributed by atoms with Gasteiger partial charge in [0.2, 0.25) is 5.91 Å². The molecule has 4 aromatic rings. The zero-order valence-electron chi connectivity index (χ0n) is 13.7. The Morgan fingerprint density at radius 2 is 1.92 bits per heavy atom. The molecule has 2 heterocycles. The van der Waals surface area contributed by atoms with Crippen LogP contribution in [0.3, 0.4) is 0 Å². The molecule has 0 spiro atoms. The Hall–Kier alpha value is -3.48. The van der Waals surface area contributed by atoms with Crippen molar-refractivity contribution in [2.24, 2.45) is 5.73 Å². The smallest absolute Gasteiger partial charge is 0.278 e. The van der Waals surface area contributed by atoms with Gasteiger partial charge in [-0.15, -0.1) is 0 Å². The lowest BCUT2D eigenvalue weighted by molar-refractivity contribution is -0.118. The van der Waals surface area contributed by atoms with Gasteiger partial charge in [0.15, 0.2) is 0 Å². The number of carbonyl (C=O) groups is 1. The van der Waals surface area contributed by atoms with E-state index in [2.05, 4.69) is 4.98 Å². The normalized spacial score (nSPS) is 11.3. The third-order valence-corrected chi connectivity index (χ3v) is 4.30. The topological polar surface area (TPSA) is 82.9 Å². The van der Waals surface area contributed by atoms with Crippen LogP contribution in [0.25, 0.3) is 21.9 Å². The highest BCUT2D eigenvalue weighted by Gasteiger charge is 2.18. The Morgan fingerprint density at radius 1 is 1.15 bits per heavy atom. The minimum atomic E-state index is -0.592. The molecule has 0 fully saturated rings. The molecule has 2 N–H and O–H groups in total. The molecule has 0 saturated heterocycles. The molecule has 2 aromatic heterocycles. The average molecular weight is 350 g/mol. The molecule has 0 aliphatic rings. The number of fused-ring (bicyclic) bond motifs is 3. The second kappa shape index (κ2) is 6.11. The molecule has 2 aromatic carbocycles. The predicted molar refractivity (Wildman–Crippen MR) is 96.2 cm³/mol. The van der Waals surface area contributed by atoms with E-state index in [9.17, 15) is 14.0 Å². The van der Waals surface area contributed by atoms with Crippen LogP contribution < -0.4 is 11.3 Å². The summed E-state index contributed by atoms with van der Waals surface area (Å²) in [6, 6.07) is 13.6. The van der Waals surface area contributed by atoms with Crippen LogP contribution in [-0.4, -0.2) is 20.0 Å². The number of rotatable bonds is 4. The van der Waals surface area contributed by atoms with Crippen molar-refractivity contribution in [1.29, 1.82) is 0 Å². The molecule has 26 heavy (non-hydrogen) atoms. The van der Waals surface area contributed by atoms with Gasteiger partial charge < -0.3 is 10.3 Å². The molecule has 1 amide bonds. The first-order valence-electron chi connectivity index (χ1n) is 8.04. The van der Waals surface area contributed by atoms with E-state index in [1.54, 1.807) is 0 Å². The van der Waals surface area contributed by atoms with Crippen molar-refractivity contribution >= 4 is 27.8 Å². The molecule has 0 radical (unpaired) electrons. The Bertz CT molecular complexity index is 1200. The lowest BCUT2D eigenvalue weighted by atomic mass is 10.2. The molecule has 0 unspecified atom stereocenters. The minimum Gasteiger partial charge on any atom is -0.368 e. The number of hydrogen-bond donors (Lipinski definition) is 1. The molecule has 6 nitrogen and oxygen atoms in total. The molecule has 130 valence electrons. The fourth-order valence-electron chi connectivity index (χ4n) is 3.19. The largest absolute Gasteiger partial charge is 0.368 e. The fourth-order valence-corrected chi connectivity index (χ4v) is 3.19. The first-order valence-corrected chi connectivity index (χ1v) is 8.04. The van der Waals surface area contributed by atoms with Crippen LogP contribution in [-0.2, 0) is 17.9 Å². The van der Waals surface area contributed by atoms with Gasteiger partial charge >= 0.3 is 0 Å². The van der Waals surface area contributed by atoms with Crippen LogP contribution in [0.4, 0.5) is 4.39 Å². The van der Waals surface area contributed by atoms with E-state index in [1.807, 2.05) is 30.3 Å². The first-order chi connectivity index (χ1) is 12.5. The molecule has 0 aliphatic heterocycles. The van der Waals surface area contributed by atoms with Crippen molar-refractivity contribution in [2.75, 3.05) is 0 Å². The number of nitrogens with zero attached hydrogens (tertiary/aromatic N) is 3. The second-order valence-corrected chi connectivity index (χ2v) is 6.07. The molecule has 7 heteroatoms. The van der Waals surface area contributed by atoms with Gasteiger partial charge in [-0.25, -0.2) is 9.37 Å². The highest BCUT2D eigenvalue weighted by Crippen LogP contribution is 2.26. The zero-order valence-corrected chi connectivity index (χ0v) is 13.7. The molecule has 4 rings (SSSR count). The van der Waals surface area contributed by atoms with Crippen molar-refractivity contribution in [3.05, 3.63) is 76.6 Å². The number of halogens is 1. The van der Waals surface area contributed by atoms with Crippen LogP contribution in [0, 0.1) is 5.82 Å².